The van der Waals surface area contributed by atoms with Gasteiger partial charge in [-0.1, -0.05) is 13.8 Å². The highest BCUT2D eigenvalue weighted by molar-refractivity contribution is 7.89. The summed E-state index contributed by atoms with van der Waals surface area (Å²) in [5.74, 6) is 0.603. The highest BCUT2D eigenvalue weighted by Crippen LogP contribution is 2.29. The van der Waals surface area contributed by atoms with Crippen LogP contribution in [0.1, 0.15) is 50.7 Å². The van der Waals surface area contributed by atoms with Crippen LogP contribution in [0, 0.1) is 6.92 Å². The Balaban J connectivity index is 1.48. The Morgan fingerprint density at radius 3 is 2.45 bits per heavy atom. The number of hydrogen-bond donors (Lipinski definition) is 0. The zero-order valence-electron chi connectivity index (χ0n) is 24.2. The lowest BCUT2D eigenvalue weighted by Crippen LogP contribution is -2.53. The highest BCUT2D eigenvalue weighted by Gasteiger charge is 2.32. The predicted octanol–water partition coefficient (Wildman–Crippen LogP) is 2.61. The maximum absolute atomic E-state index is 13.3. The van der Waals surface area contributed by atoms with Gasteiger partial charge < -0.3 is 19.3 Å². The van der Waals surface area contributed by atoms with Gasteiger partial charge in [0.05, 0.1) is 18.6 Å². The molecule has 1 saturated heterocycles. The van der Waals surface area contributed by atoms with Crippen molar-refractivity contribution in [3.63, 3.8) is 0 Å². The lowest BCUT2D eigenvalue weighted by molar-refractivity contribution is -0.138. The highest BCUT2D eigenvalue weighted by atomic mass is 32.2. The fraction of sp³-hybridized carbons (Fsp3) is 0.750. The van der Waals surface area contributed by atoms with Gasteiger partial charge in [0.25, 0.3) is 0 Å². The van der Waals surface area contributed by atoms with Crippen LogP contribution in [0.3, 0.4) is 0 Å². The first-order valence-corrected chi connectivity index (χ1v) is 15.5. The number of methoxy groups -OCH3 is 1. The minimum Gasteiger partial charge on any atom is -0.497 e. The van der Waals surface area contributed by atoms with Gasteiger partial charge in [-0.25, -0.2) is 8.42 Å². The summed E-state index contributed by atoms with van der Waals surface area (Å²) in [4.78, 5) is 20.2. The van der Waals surface area contributed by atoms with E-state index in [4.69, 9.17) is 9.47 Å². The van der Waals surface area contributed by atoms with Gasteiger partial charge in [-0.15, -0.1) is 0 Å². The molecule has 0 bridgehead atoms. The van der Waals surface area contributed by atoms with E-state index < -0.39 is 10.0 Å². The second kappa shape index (κ2) is 14.1. The van der Waals surface area contributed by atoms with Crippen LogP contribution in [0.25, 0.3) is 0 Å². The Labute approximate surface area is 230 Å². The second-order valence-corrected chi connectivity index (χ2v) is 12.6. The molecular formula is C28H48N4O5S. The van der Waals surface area contributed by atoms with Crippen molar-refractivity contribution in [2.75, 3.05) is 73.7 Å². The van der Waals surface area contributed by atoms with E-state index in [0.29, 0.717) is 28.7 Å². The van der Waals surface area contributed by atoms with Crippen LogP contribution in [0.15, 0.2) is 17.0 Å². The molecule has 2 atom stereocenters. The lowest BCUT2D eigenvalue weighted by Gasteiger charge is -2.43. The Bertz CT molecular complexity index is 1030. The molecule has 1 aromatic rings. The zero-order valence-corrected chi connectivity index (χ0v) is 25.1. The van der Waals surface area contributed by atoms with Crippen molar-refractivity contribution < 1.29 is 22.7 Å². The molecule has 10 heteroatoms. The monoisotopic (exact) mass is 552 g/mol. The van der Waals surface area contributed by atoms with Crippen molar-refractivity contribution in [1.82, 2.24) is 19.0 Å². The van der Waals surface area contributed by atoms with Crippen LogP contribution in [0.5, 0.6) is 5.75 Å². The molecule has 38 heavy (non-hydrogen) atoms. The standard InChI is InChI=1S/C28H48N4O5S/c1-7-23-19-26(36-6)18-22(3)28(23)38(34,35)29(4)16-17-37-21-27(33)30(5)24-10-9-11-25(20-24)32-14-12-31(8-2)13-15-32/h18-19,24-25H,7-17,20-21H2,1-6H3. The molecule has 1 saturated carbocycles. The number of carbonyl (C=O) groups is 1. The van der Waals surface area contributed by atoms with E-state index in [1.165, 1.54) is 10.7 Å². The molecule has 0 radical (unpaired) electrons. The Morgan fingerprint density at radius 2 is 1.82 bits per heavy atom. The summed E-state index contributed by atoms with van der Waals surface area (Å²) in [6, 6.07) is 4.28. The first-order chi connectivity index (χ1) is 18.1. The minimum atomic E-state index is -3.70. The Hall–Kier alpha value is -1.72. The van der Waals surface area contributed by atoms with E-state index in [1.54, 1.807) is 33.2 Å². The van der Waals surface area contributed by atoms with Crippen LogP contribution in [-0.2, 0) is 26.0 Å². The molecule has 1 aliphatic heterocycles. The van der Waals surface area contributed by atoms with Gasteiger partial charge >= 0.3 is 0 Å². The van der Waals surface area contributed by atoms with Crippen LogP contribution >= 0.6 is 0 Å². The fourth-order valence-electron chi connectivity index (χ4n) is 5.76. The number of hydrogen-bond acceptors (Lipinski definition) is 7. The van der Waals surface area contributed by atoms with Crippen molar-refractivity contribution in [1.29, 1.82) is 0 Å². The van der Waals surface area contributed by atoms with Crippen molar-refractivity contribution in [2.24, 2.45) is 0 Å². The minimum absolute atomic E-state index is 0.0392. The van der Waals surface area contributed by atoms with Gasteiger partial charge in [-0.2, -0.15) is 4.31 Å². The molecule has 0 aromatic heterocycles. The van der Waals surface area contributed by atoms with E-state index in [-0.39, 0.29) is 31.7 Å². The smallest absolute Gasteiger partial charge is 0.248 e. The molecule has 1 aliphatic carbocycles. The SMILES string of the molecule is CCc1cc(OC)cc(C)c1S(=O)(=O)N(C)CCOCC(=O)N(C)C1CCCC(N2CCN(CC)CC2)C1. The number of amides is 1. The molecule has 3 rings (SSSR count). The third-order valence-electron chi connectivity index (χ3n) is 8.32. The van der Waals surface area contributed by atoms with Crippen molar-refractivity contribution >= 4 is 15.9 Å². The number of benzene rings is 1. The molecule has 1 aromatic carbocycles. The van der Waals surface area contributed by atoms with Gasteiger partial charge in [0.1, 0.15) is 12.4 Å². The number of sulfonamides is 1. The zero-order chi connectivity index (χ0) is 27.9. The summed E-state index contributed by atoms with van der Waals surface area (Å²) < 4.78 is 38.9. The van der Waals surface area contributed by atoms with Crippen LogP contribution in [-0.4, -0.2) is 119 Å². The molecule has 2 fully saturated rings. The van der Waals surface area contributed by atoms with E-state index in [0.717, 1.165) is 57.5 Å². The van der Waals surface area contributed by atoms with Gasteiger partial charge in [-0.05, 0) is 68.8 Å². The van der Waals surface area contributed by atoms with Gasteiger partial charge in [0.2, 0.25) is 15.9 Å². The van der Waals surface area contributed by atoms with Crippen LogP contribution in [0.4, 0.5) is 0 Å². The quantitative estimate of drug-likeness (QED) is 0.369. The number of likely N-dealkylation sites (N-methyl/N-ethyl adjacent to an activating group) is 3. The fourth-order valence-corrected chi connectivity index (χ4v) is 7.39. The van der Waals surface area contributed by atoms with Crippen molar-refractivity contribution in [3.8, 4) is 5.75 Å². The molecule has 1 amide bonds. The first kappa shape index (κ1) is 30.8. The molecular weight excluding hydrogens is 504 g/mol. The molecule has 2 unspecified atom stereocenters. The van der Waals surface area contributed by atoms with E-state index in [9.17, 15) is 13.2 Å². The van der Waals surface area contributed by atoms with Gasteiger partial charge in [0.15, 0.2) is 0 Å². The number of rotatable bonds is 12. The maximum atomic E-state index is 13.3. The van der Waals surface area contributed by atoms with Crippen LogP contribution in [0.2, 0.25) is 0 Å². The lowest BCUT2D eigenvalue weighted by atomic mass is 9.88. The van der Waals surface area contributed by atoms with Crippen molar-refractivity contribution in [2.45, 2.75) is 69.9 Å². The average molecular weight is 553 g/mol. The number of aryl methyl sites for hydroxylation is 2. The van der Waals surface area contributed by atoms with Gasteiger partial charge in [-0.3, -0.25) is 9.69 Å². The summed E-state index contributed by atoms with van der Waals surface area (Å²) in [6.07, 6.45) is 4.95. The van der Waals surface area contributed by atoms with Gasteiger partial charge in [0, 0.05) is 58.9 Å². The normalized spacial score (nSPS) is 21.6. The van der Waals surface area contributed by atoms with Crippen LogP contribution < -0.4 is 4.74 Å². The number of carbonyl (C=O) groups excluding carboxylic acids is 1. The number of piperazine rings is 1. The van der Waals surface area contributed by atoms with Crippen molar-refractivity contribution in [3.05, 3.63) is 23.3 Å². The predicted molar refractivity (Wildman–Crippen MR) is 150 cm³/mol. The summed E-state index contributed by atoms with van der Waals surface area (Å²) in [7, 11) is 1.31. The maximum Gasteiger partial charge on any atom is 0.248 e. The third-order valence-corrected chi connectivity index (χ3v) is 10.4. The third kappa shape index (κ3) is 7.47. The van der Waals surface area contributed by atoms with E-state index in [1.807, 2.05) is 18.9 Å². The molecule has 2 aliphatic rings. The largest absolute Gasteiger partial charge is 0.497 e. The Kier molecular flexibility index (Phi) is 11.4. The summed E-state index contributed by atoms with van der Waals surface area (Å²) in [6.45, 7) is 11.8. The molecule has 9 nitrogen and oxygen atoms in total. The average Bonchev–Trinajstić information content (AvgIpc) is 2.93. The summed E-state index contributed by atoms with van der Waals surface area (Å²) >= 11 is 0. The van der Waals surface area contributed by atoms with E-state index >= 15 is 0 Å². The summed E-state index contributed by atoms with van der Waals surface area (Å²) in [5, 5.41) is 0. The first-order valence-electron chi connectivity index (χ1n) is 14.1. The Morgan fingerprint density at radius 1 is 1.11 bits per heavy atom. The van der Waals surface area contributed by atoms with E-state index in [2.05, 4.69) is 16.7 Å². The number of nitrogens with zero attached hydrogens (tertiary/aromatic N) is 4. The molecule has 0 spiro atoms. The second-order valence-electron chi connectivity index (χ2n) is 10.6. The number of ether oxygens (including phenoxy) is 2. The summed E-state index contributed by atoms with van der Waals surface area (Å²) in [5.41, 5.74) is 1.38. The molecule has 0 N–H and O–H groups in total. The molecule has 216 valence electrons. The topological polar surface area (TPSA) is 82.6 Å². The molecule has 1 heterocycles.